The summed E-state index contributed by atoms with van der Waals surface area (Å²) in [5.74, 6) is 1.65. The maximum absolute atomic E-state index is 13.4. The zero-order chi connectivity index (χ0) is 26.2. The Bertz CT molecular complexity index is 1260. The SMILES string of the molecule is COc1ccc(CCN2C(=O)[C@H](CC(=O)Nc3ccccc3OC)SC2=Nc2ccc(OC)cc2)cc1. The molecule has 0 bridgehead atoms. The van der Waals surface area contributed by atoms with Crippen molar-refractivity contribution >= 4 is 40.1 Å². The molecule has 37 heavy (non-hydrogen) atoms. The largest absolute Gasteiger partial charge is 0.497 e. The molecule has 3 aromatic carbocycles. The summed E-state index contributed by atoms with van der Waals surface area (Å²) in [4.78, 5) is 32.7. The second-order valence-electron chi connectivity index (χ2n) is 8.24. The van der Waals surface area contributed by atoms with Crippen LogP contribution in [0.3, 0.4) is 0 Å². The molecule has 4 rings (SSSR count). The lowest BCUT2D eigenvalue weighted by Gasteiger charge is -2.17. The number of aliphatic imine (C=N–C) groups is 1. The second kappa shape index (κ2) is 12.3. The number of amides is 2. The predicted molar refractivity (Wildman–Crippen MR) is 146 cm³/mol. The van der Waals surface area contributed by atoms with Crippen LogP contribution < -0.4 is 19.5 Å². The normalized spacial score (nSPS) is 16.1. The van der Waals surface area contributed by atoms with Gasteiger partial charge in [-0.3, -0.25) is 14.5 Å². The molecule has 1 aliphatic heterocycles. The summed E-state index contributed by atoms with van der Waals surface area (Å²) in [6, 6.07) is 22.2. The highest BCUT2D eigenvalue weighted by molar-refractivity contribution is 8.15. The molecule has 1 N–H and O–H groups in total. The molecule has 1 atom stereocenters. The Morgan fingerprint density at radius 2 is 1.57 bits per heavy atom. The molecule has 1 aliphatic rings. The third kappa shape index (κ3) is 6.62. The molecule has 2 amide bonds. The number of ether oxygens (including phenoxy) is 3. The molecule has 192 valence electrons. The number of nitrogens with one attached hydrogen (secondary N) is 1. The minimum atomic E-state index is -0.581. The Morgan fingerprint density at radius 3 is 2.22 bits per heavy atom. The van der Waals surface area contributed by atoms with Gasteiger partial charge in [0.05, 0.1) is 32.7 Å². The lowest BCUT2D eigenvalue weighted by molar-refractivity contribution is -0.128. The van der Waals surface area contributed by atoms with E-state index in [0.717, 1.165) is 17.1 Å². The summed E-state index contributed by atoms with van der Waals surface area (Å²) in [7, 11) is 4.78. The molecule has 0 radical (unpaired) electrons. The maximum atomic E-state index is 13.4. The van der Waals surface area contributed by atoms with Crippen LogP contribution in [0.15, 0.2) is 77.8 Å². The highest BCUT2D eigenvalue weighted by Gasteiger charge is 2.39. The van der Waals surface area contributed by atoms with Crippen molar-refractivity contribution in [2.24, 2.45) is 4.99 Å². The van der Waals surface area contributed by atoms with Gasteiger partial charge in [-0.25, -0.2) is 4.99 Å². The first kappa shape index (κ1) is 26.1. The number of rotatable bonds is 10. The van der Waals surface area contributed by atoms with Gasteiger partial charge in [-0.15, -0.1) is 0 Å². The van der Waals surface area contributed by atoms with Gasteiger partial charge in [0.15, 0.2) is 5.17 Å². The molecule has 0 spiro atoms. The number of methoxy groups -OCH3 is 3. The highest BCUT2D eigenvalue weighted by atomic mass is 32.2. The summed E-state index contributed by atoms with van der Waals surface area (Å²) in [6.45, 7) is 0.442. The number of carbonyl (C=O) groups is 2. The van der Waals surface area contributed by atoms with E-state index >= 15 is 0 Å². The monoisotopic (exact) mass is 519 g/mol. The Balaban J connectivity index is 1.51. The summed E-state index contributed by atoms with van der Waals surface area (Å²) >= 11 is 1.30. The molecule has 1 saturated heterocycles. The number of hydrogen-bond donors (Lipinski definition) is 1. The van der Waals surface area contributed by atoms with Crippen LogP contribution in [-0.2, 0) is 16.0 Å². The lowest BCUT2D eigenvalue weighted by atomic mass is 10.1. The van der Waals surface area contributed by atoms with Crippen molar-refractivity contribution in [1.82, 2.24) is 4.90 Å². The summed E-state index contributed by atoms with van der Waals surface area (Å²) in [5.41, 5.74) is 2.33. The van der Waals surface area contributed by atoms with Crippen molar-refractivity contribution in [3.63, 3.8) is 0 Å². The first-order valence-electron chi connectivity index (χ1n) is 11.8. The van der Waals surface area contributed by atoms with Crippen LogP contribution in [0, 0.1) is 0 Å². The van der Waals surface area contributed by atoms with Gasteiger partial charge in [0.25, 0.3) is 0 Å². The first-order chi connectivity index (χ1) is 18.0. The van der Waals surface area contributed by atoms with E-state index in [1.165, 1.54) is 11.8 Å². The van der Waals surface area contributed by atoms with Crippen molar-refractivity contribution in [2.45, 2.75) is 18.1 Å². The molecule has 0 aromatic heterocycles. The van der Waals surface area contributed by atoms with Gasteiger partial charge in [0.1, 0.15) is 22.5 Å². The van der Waals surface area contributed by atoms with Crippen LogP contribution >= 0.6 is 11.8 Å². The Morgan fingerprint density at radius 1 is 0.919 bits per heavy atom. The van der Waals surface area contributed by atoms with E-state index in [9.17, 15) is 9.59 Å². The molecule has 9 heteroatoms. The Kier molecular flexibility index (Phi) is 8.68. The van der Waals surface area contributed by atoms with E-state index in [0.29, 0.717) is 35.3 Å². The van der Waals surface area contributed by atoms with Crippen LogP contribution in [0.1, 0.15) is 12.0 Å². The van der Waals surface area contributed by atoms with E-state index < -0.39 is 5.25 Å². The summed E-state index contributed by atoms with van der Waals surface area (Å²) in [5, 5.41) is 2.84. The van der Waals surface area contributed by atoms with Crippen molar-refractivity contribution in [2.75, 3.05) is 33.2 Å². The molecule has 3 aromatic rings. The summed E-state index contributed by atoms with van der Waals surface area (Å²) in [6.07, 6.45) is 0.653. The Hall–Kier alpha value is -3.98. The van der Waals surface area contributed by atoms with E-state index in [2.05, 4.69) is 5.32 Å². The van der Waals surface area contributed by atoms with Crippen LogP contribution in [0.4, 0.5) is 11.4 Å². The zero-order valence-corrected chi connectivity index (χ0v) is 21.8. The third-order valence-electron chi connectivity index (χ3n) is 5.85. The number of amidine groups is 1. The molecule has 1 heterocycles. The molecule has 0 saturated carbocycles. The van der Waals surface area contributed by atoms with Crippen molar-refractivity contribution < 1.29 is 23.8 Å². The van der Waals surface area contributed by atoms with E-state index in [4.69, 9.17) is 19.2 Å². The Labute approximate surface area is 220 Å². The topological polar surface area (TPSA) is 89.5 Å². The minimum Gasteiger partial charge on any atom is -0.497 e. The minimum absolute atomic E-state index is 0.0161. The van der Waals surface area contributed by atoms with Crippen molar-refractivity contribution in [3.8, 4) is 17.2 Å². The van der Waals surface area contributed by atoms with Crippen LogP contribution in [-0.4, -0.2) is 55.0 Å². The second-order valence-corrected chi connectivity index (χ2v) is 9.41. The van der Waals surface area contributed by atoms with Crippen LogP contribution in [0.25, 0.3) is 0 Å². The maximum Gasteiger partial charge on any atom is 0.242 e. The fourth-order valence-corrected chi connectivity index (χ4v) is 5.03. The molecule has 0 unspecified atom stereocenters. The van der Waals surface area contributed by atoms with Crippen LogP contribution in [0.5, 0.6) is 17.2 Å². The molecule has 1 fully saturated rings. The van der Waals surface area contributed by atoms with Gasteiger partial charge < -0.3 is 19.5 Å². The predicted octanol–water partition coefficient (Wildman–Crippen LogP) is 4.92. The lowest BCUT2D eigenvalue weighted by Crippen LogP contribution is -2.35. The van der Waals surface area contributed by atoms with Crippen LogP contribution in [0.2, 0.25) is 0 Å². The van der Waals surface area contributed by atoms with Crippen molar-refractivity contribution in [1.29, 1.82) is 0 Å². The number of para-hydroxylation sites is 2. The average Bonchev–Trinajstić information content (AvgIpc) is 3.21. The standard InChI is InChI=1S/C28H29N3O5S/c1-34-21-12-8-19(9-13-21)16-17-31-27(33)25(18-26(32)30-23-6-4-5-7-24(23)36-3)37-28(31)29-20-10-14-22(35-2)15-11-20/h4-15,25H,16-18H2,1-3H3,(H,30,32)/t25-/m0/s1. The third-order valence-corrected chi connectivity index (χ3v) is 7.03. The number of anilines is 1. The molecule has 8 nitrogen and oxygen atoms in total. The van der Waals surface area contributed by atoms with Crippen molar-refractivity contribution in [3.05, 3.63) is 78.4 Å². The number of nitrogens with zero attached hydrogens (tertiary/aromatic N) is 2. The van der Waals surface area contributed by atoms with Gasteiger partial charge in [-0.2, -0.15) is 0 Å². The zero-order valence-electron chi connectivity index (χ0n) is 21.0. The molecule has 0 aliphatic carbocycles. The number of thioether (sulfide) groups is 1. The quantitative estimate of drug-likeness (QED) is 0.409. The summed E-state index contributed by atoms with van der Waals surface area (Å²) < 4.78 is 15.8. The van der Waals surface area contributed by atoms with Gasteiger partial charge in [0, 0.05) is 13.0 Å². The fourth-order valence-electron chi connectivity index (χ4n) is 3.85. The fraction of sp³-hybridized carbons (Fsp3) is 0.250. The van der Waals surface area contributed by atoms with Gasteiger partial charge in [-0.05, 0) is 60.5 Å². The highest BCUT2D eigenvalue weighted by Crippen LogP contribution is 2.33. The molecular formula is C28H29N3O5S. The van der Waals surface area contributed by atoms with Gasteiger partial charge >= 0.3 is 0 Å². The first-order valence-corrected chi connectivity index (χ1v) is 12.6. The van der Waals surface area contributed by atoms with Gasteiger partial charge in [-0.1, -0.05) is 36.0 Å². The van der Waals surface area contributed by atoms with E-state index in [1.54, 1.807) is 38.4 Å². The smallest absolute Gasteiger partial charge is 0.242 e. The van der Waals surface area contributed by atoms with E-state index in [-0.39, 0.29) is 18.2 Å². The van der Waals surface area contributed by atoms with Gasteiger partial charge in [0.2, 0.25) is 11.8 Å². The van der Waals surface area contributed by atoms with E-state index in [1.807, 2.05) is 60.7 Å². The number of hydrogen-bond acceptors (Lipinski definition) is 7. The number of carbonyl (C=O) groups excluding carboxylic acids is 2. The average molecular weight is 520 g/mol. The number of benzene rings is 3. The molecular weight excluding hydrogens is 490 g/mol.